The van der Waals surface area contributed by atoms with E-state index in [9.17, 15) is 4.79 Å². The molecule has 0 saturated heterocycles. The summed E-state index contributed by atoms with van der Waals surface area (Å²) in [5.41, 5.74) is 6.38. The van der Waals surface area contributed by atoms with E-state index in [-0.39, 0.29) is 12.5 Å². The van der Waals surface area contributed by atoms with E-state index in [1.54, 1.807) is 6.20 Å². The summed E-state index contributed by atoms with van der Waals surface area (Å²) < 4.78 is 0. The number of hydrogen-bond acceptors (Lipinski definition) is 4. The standard InChI is InChI=1S/C13H22N4O/c1-10(2)8-17(9-12(14)18)13-11(7-15-3)5-4-6-16-13/h4-6,10,15H,7-9H2,1-3H3,(H2,14,18). The molecule has 0 aliphatic carbocycles. The molecule has 0 fully saturated rings. The summed E-state index contributed by atoms with van der Waals surface area (Å²) in [5, 5.41) is 3.10. The Morgan fingerprint density at radius 3 is 2.83 bits per heavy atom. The summed E-state index contributed by atoms with van der Waals surface area (Å²) in [6.07, 6.45) is 1.74. The third-order valence-electron chi connectivity index (χ3n) is 2.47. The van der Waals surface area contributed by atoms with Crippen molar-refractivity contribution in [1.29, 1.82) is 0 Å². The van der Waals surface area contributed by atoms with Gasteiger partial charge in [0.15, 0.2) is 0 Å². The molecule has 0 aliphatic rings. The second-order valence-electron chi connectivity index (χ2n) is 4.76. The highest BCUT2D eigenvalue weighted by Gasteiger charge is 2.15. The smallest absolute Gasteiger partial charge is 0.236 e. The van der Waals surface area contributed by atoms with Gasteiger partial charge >= 0.3 is 0 Å². The summed E-state index contributed by atoms with van der Waals surface area (Å²) in [5.74, 6) is 0.935. The minimum Gasteiger partial charge on any atom is -0.368 e. The lowest BCUT2D eigenvalue weighted by Gasteiger charge is -2.26. The van der Waals surface area contributed by atoms with Gasteiger partial charge in [0.05, 0.1) is 6.54 Å². The van der Waals surface area contributed by atoms with Crippen LogP contribution in [0.5, 0.6) is 0 Å². The number of primary amides is 1. The van der Waals surface area contributed by atoms with E-state index in [2.05, 4.69) is 24.1 Å². The van der Waals surface area contributed by atoms with Crippen LogP contribution < -0.4 is 16.0 Å². The van der Waals surface area contributed by atoms with Gasteiger partial charge in [0.1, 0.15) is 5.82 Å². The number of anilines is 1. The van der Waals surface area contributed by atoms with Crippen LogP contribution in [0.4, 0.5) is 5.82 Å². The lowest BCUT2D eigenvalue weighted by atomic mass is 10.1. The molecule has 0 bridgehead atoms. The monoisotopic (exact) mass is 250 g/mol. The number of carbonyl (C=O) groups is 1. The zero-order chi connectivity index (χ0) is 13.5. The Kier molecular flexibility index (Phi) is 5.58. The highest BCUT2D eigenvalue weighted by atomic mass is 16.1. The van der Waals surface area contributed by atoms with Gasteiger partial charge < -0.3 is 16.0 Å². The Morgan fingerprint density at radius 2 is 2.28 bits per heavy atom. The van der Waals surface area contributed by atoms with Crippen LogP contribution in [0.3, 0.4) is 0 Å². The van der Waals surface area contributed by atoms with E-state index in [1.807, 2.05) is 24.1 Å². The molecule has 0 aromatic carbocycles. The van der Waals surface area contributed by atoms with Crippen molar-refractivity contribution in [3.63, 3.8) is 0 Å². The minimum absolute atomic E-state index is 0.200. The molecule has 0 atom stereocenters. The van der Waals surface area contributed by atoms with Gasteiger partial charge in [0, 0.05) is 24.8 Å². The van der Waals surface area contributed by atoms with Crippen LogP contribution in [0.2, 0.25) is 0 Å². The van der Waals surface area contributed by atoms with Crippen molar-refractivity contribution < 1.29 is 4.79 Å². The molecule has 3 N–H and O–H groups in total. The number of pyridine rings is 1. The highest BCUT2D eigenvalue weighted by molar-refractivity contribution is 5.79. The van der Waals surface area contributed by atoms with E-state index < -0.39 is 0 Å². The van der Waals surface area contributed by atoms with Crippen molar-refractivity contribution in [2.75, 3.05) is 25.0 Å². The van der Waals surface area contributed by atoms with E-state index >= 15 is 0 Å². The first-order valence-electron chi connectivity index (χ1n) is 6.16. The zero-order valence-corrected chi connectivity index (χ0v) is 11.3. The first-order chi connectivity index (χ1) is 8.54. The number of aromatic nitrogens is 1. The summed E-state index contributed by atoms with van der Waals surface area (Å²) >= 11 is 0. The molecule has 1 heterocycles. The Bertz CT molecular complexity index is 392. The number of carbonyl (C=O) groups excluding carboxylic acids is 1. The molecule has 0 saturated carbocycles. The molecule has 0 radical (unpaired) electrons. The van der Waals surface area contributed by atoms with Gasteiger partial charge in [0.25, 0.3) is 0 Å². The van der Waals surface area contributed by atoms with Crippen molar-refractivity contribution in [2.24, 2.45) is 11.7 Å². The number of nitrogens with zero attached hydrogens (tertiary/aromatic N) is 2. The average Bonchev–Trinajstić information content (AvgIpc) is 2.28. The Morgan fingerprint density at radius 1 is 1.56 bits per heavy atom. The number of hydrogen-bond donors (Lipinski definition) is 2. The topological polar surface area (TPSA) is 71.2 Å². The Balaban J connectivity index is 2.99. The molecule has 18 heavy (non-hydrogen) atoms. The van der Waals surface area contributed by atoms with Gasteiger partial charge in [-0.3, -0.25) is 4.79 Å². The normalized spacial score (nSPS) is 10.7. The first-order valence-corrected chi connectivity index (χ1v) is 6.16. The van der Waals surface area contributed by atoms with E-state index in [4.69, 9.17) is 5.73 Å². The van der Waals surface area contributed by atoms with Crippen molar-refractivity contribution in [3.8, 4) is 0 Å². The van der Waals surface area contributed by atoms with Crippen LogP contribution >= 0.6 is 0 Å². The van der Waals surface area contributed by atoms with Gasteiger partial charge in [0.2, 0.25) is 5.91 Å². The van der Waals surface area contributed by atoms with Gasteiger partial charge in [-0.25, -0.2) is 4.98 Å². The molecule has 1 amide bonds. The third-order valence-corrected chi connectivity index (χ3v) is 2.47. The third kappa shape index (κ3) is 4.33. The Hall–Kier alpha value is -1.62. The maximum absolute atomic E-state index is 11.2. The maximum Gasteiger partial charge on any atom is 0.236 e. The molecular formula is C13H22N4O. The molecule has 1 aromatic rings. The second kappa shape index (κ2) is 6.96. The molecule has 0 spiro atoms. The SMILES string of the molecule is CNCc1cccnc1N(CC(N)=O)CC(C)C. The van der Waals surface area contributed by atoms with Crippen LogP contribution in [0, 0.1) is 5.92 Å². The van der Waals surface area contributed by atoms with E-state index in [0.717, 1.165) is 24.5 Å². The molecule has 1 rings (SSSR count). The fourth-order valence-electron chi connectivity index (χ4n) is 1.90. The van der Waals surface area contributed by atoms with Crippen LogP contribution in [0.1, 0.15) is 19.4 Å². The molecule has 0 aliphatic heterocycles. The van der Waals surface area contributed by atoms with Crippen LogP contribution in [0.15, 0.2) is 18.3 Å². The predicted octanol–water partition coefficient (Wildman–Crippen LogP) is 0.749. The van der Waals surface area contributed by atoms with Crippen molar-refractivity contribution in [3.05, 3.63) is 23.9 Å². The number of amides is 1. The molecule has 5 nitrogen and oxygen atoms in total. The summed E-state index contributed by atoms with van der Waals surface area (Å²) in [7, 11) is 1.89. The van der Waals surface area contributed by atoms with Crippen LogP contribution in [-0.4, -0.2) is 31.0 Å². The van der Waals surface area contributed by atoms with Crippen molar-refractivity contribution in [2.45, 2.75) is 20.4 Å². The fourth-order valence-corrected chi connectivity index (χ4v) is 1.90. The second-order valence-corrected chi connectivity index (χ2v) is 4.76. The highest BCUT2D eigenvalue weighted by Crippen LogP contribution is 2.18. The van der Waals surface area contributed by atoms with Gasteiger partial charge in [-0.15, -0.1) is 0 Å². The summed E-state index contributed by atoms with van der Waals surface area (Å²) in [4.78, 5) is 17.5. The largest absolute Gasteiger partial charge is 0.368 e. The minimum atomic E-state index is -0.336. The van der Waals surface area contributed by atoms with E-state index in [1.165, 1.54) is 0 Å². The molecular weight excluding hydrogens is 228 g/mol. The van der Waals surface area contributed by atoms with E-state index in [0.29, 0.717) is 5.92 Å². The lowest BCUT2D eigenvalue weighted by molar-refractivity contribution is -0.116. The van der Waals surface area contributed by atoms with Gasteiger partial charge in [-0.05, 0) is 19.0 Å². The zero-order valence-electron chi connectivity index (χ0n) is 11.3. The van der Waals surface area contributed by atoms with Crippen molar-refractivity contribution in [1.82, 2.24) is 10.3 Å². The van der Waals surface area contributed by atoms with Crippen LogP contribution in [-0.2, 0) is 11.3 Å². The number of nitrogens with two attached hydrogens (primary N) is 1. The van der Waals surface area contributed by atoms with Gasteiger partial charge in [-0.2, -0.15) is 0 Å². The predicted molar refractivity (Wildman–Crippen MR) is 73.2 cm³/mol. The average molecular weight is 250 g/mol. The molecule has 1 aromatic heterocycles. The Labute approximate surface area is 108 Å². The number of rotatable bonds is 7. The molecule has 100 valence electrons. The van der Waals surface area contributed by atoms with Crippen molar-refractivity contribution >= 4 is 11.7 Å². The molecule has 0 unspecified atom stereocenters. The summed E-state index contributed by atoms with van der Waals surface area (Å²) in [6, 6.07) is 3.90. The van der Waals surface area contributed by atoms with Crippen LogP contribution in [0.25, 0.3) is 0 Å². The molecule has 5 heteroatoms. The summed E-state index contributed by atoms with van der Waals surface area (Å²) in [6.45, 7) is 5.89. The maximum atomic E-state index is 11.2. The number of nitrogens with one attached hydrogen (secondary N) is 1. The quantitative estimate of drug-likeness (QED) is 0.749. The first kappa shape index (κ1) is 14.4. The lowest BCUT2D eigenvalue weighted by Crippen LogP contribution is -2.37. The fraction of sp³-hybridized carbons (Fsp3) is 0.538. The van der Waals surface area contributed by atoms with Gasteiger partial charge in [-0.1, -0.05) is 19.9 Å².